The van der Waals surface area contributed by atoms with Crippen molar-refractivity contribution in [3.63, 3.8) is 0 Å². The molecule has 2 N–H and O–H groups in total. The number of nitrogens with zero attached hydrogens (tertiary/aromatic N) is 2. The normalized spacial score (nSPS) is 20.5. The average molecular weight is 352 g/mol. The maximum atomic E-state index is 13.3. The van der Waals surface area contributed by atoms with Gasteiger partial charge in [0.15, 0.2) is 0 Å². The number of carbonyl (C=O) groups excluding carboxylic acids is 1. The van der Waals surface area contributed by atoms with Crippen molar-refractivity contribution in [3.05, 3.63) is 53.9 Å². The van der Waals surface area contributed by atoms with E-state index >= 15 is 0 Å². The minimum Gasteiger partial charge on any atom is -0.508 e. The van der Waals surface area contributed by atoms with E-state index in [9.17, 15) is 15.0 Å². The Morgan fingerprint density at radius 2 is 1.96 bits per heavy atom. The van der Waals surface area contributed by atoms with Crippen molar-refractivity contribution in [2.45, 2.75) is 44.1 Å². The van der Waals surface area contributed by atoms with Crippen LogP contribution >= 0.6 is 0 Å². The van der Waals surface area contributed by atoms with E-state index in [0.29, 0.717) is 12.3 Å². The fourth-order valence-electron chi connectivity index (χ4n) is 4.07. The highest BCUT2D eigenvalue weighted by atomic mass is 16.3. The van der Waals surface area contributed by atoms with Crippen LogP contribution in [0.25, 0.3) is 0 Å². The molecule has 0 bridgehead atoms. The number of aromatic nitrogens is 1. The molecule has 1 aliphatic heterocycles. The Morgan fingerprint density at radius 3 is 2.65 bits per heavy atom. The monoisotopic (exact) mass is 352 g/mol. The van der Waals surface area contributed by atoms with Crippen LogP contribution in [0.5, 0.6) is 5.75 Å². The third-order valence-electron chi connectivity index (χ3n) is 5.64. The molecule has 2 unspecified atom stereocenters. The Bertz CT molecular complexity index is 786. The van der Waals surface area contributed by atoms with Gasteiger partial charge in [0.2, 0.25) is 5.91 Å². The number of aliphatic hydroxyl groups is 1. The number of anilines is 1. The SMILES string of the molecule is O=C(CC(c1ccc(O)cc1)C1CC1)N1c2ccncc2CCC1CO. The van der Waals surface area contributed by atoms with Gasteiger partial charge in [-0.2, -0.15) is 0 Å². The highest BCUT2D eigenvalue weighted by Gasteiger charge is 2.37. The lowest BCUT2D eigenvalue weighted by Crippen LogP contribution is -2.46. The molecule has 1 aromatic carbocycles. The van der Waals surface area contributed by atoms with Crippen LogP contribution in [0.4, 0.5) is 5.69 Å². The first kappa shape index (κ1) is 17.0. The Balaban J connectivity index is 1.60. The van der Waals surface area contributed by atoms with E-state index in [1.807, 2.05) is 24.4 Å². The lowest BCUT2D eigenvalue weighted by Gasteiger charge is -2.37. The van der Waals surface area contributed by atoms with Crippen LogP contribution in [0.15, 0.2) is 42.7 Å². The van der Waals surface area contributed by atoms with Gasteiger partial charge in [-0.3, -0.25) is 9.78 Å². The average Bonchev–Trinajstić information content (AvgIpc) is 3.51. The largest absolute Gasteiger partial charge is 0.508 e. The Hall–Kier alpha value is -2.40. The van der Waals surface area contributed by atoms with Crippen LogP contribution in [-0.4, -0.2) is 33.8 Å². The fourth-order valence-corrected chi connectivity index (χ4v) is 4.07. The van der Waals surface area contributed by atoms with E-state index in [-0.39, 0.29) is 30.2 Å². The van der Waals surface area contributed by atoms with Crippen molar-refractivity contribution in [1.82, 2.24) is 4.98 Å². The van der Waals surface area contributed by atoms with Gasteiger partial charge in [0.05, 0.1) is 18.3 Å². The third-order valence-corrected chi connectivity index (χ3v) is 5.64. The van der Waals surface area contributed by atoms with Gasteiger partial charge in [-0.15, -0.1) is 0 Å². The van der Waals surface area contributed by atoms with Crippen molar-refractivity contribution in [2.24, 2.45) is 5.92 Å². The zero-order valence-corrected chi connectivity index (χ0v) is 14.7. The highest BCUT2D eigenvalue weighted by molar-refractivity contribution is 5.95. The second-order valence-corrected chi connectivity index (χ2v) is 7.38. The van der Waals surface area contributed by atoms with E-state index in [1.54, 1.807) is 23.2 Å². The Kier molecular flexibility index (Phi) is 4.64. The fraction of sp³-hybridized carbons (Fsp3) is 0.429. The molecule has 1 saturated carbocycles. The maximum Gasteiger partial charge on any atom is 0.227 e. The molecule has 2 atom stereocenters. The number of hydrogen-bond acceptors (Lipinski definition) is 4. The summed E-state index contributed by atoms with van der Waals surface area (Å²) in [6, 6.07) is 8.92. The molecule has 0 radical (unpaired) electrons. The van der Waals surface area contributed by atoms with Gasteiger partial charge in [-0.1, -0.05) is 12.1 Å². The van der Waals surface area contributed by atoms with Gasteiger partial charge < -0.3 is 15.1 Å². The summed E-state index contributed by atoms with van der Waals surface area (Å²) in [6.45, 7) is -0.0270. The summed E-state index contributed by atoms with van der Waals surface area (Å²) in [5, 5.41) is 19.3. The van der Waals surface area contributed by atoms with E-state index in [4.69, 9.17) is 0 Å². The predicted octanol–water partition coefficient (Wildman–Crippen LogP) is 3.01. The van der Waals surface area contributed by atoms with Gasteiger partial charge in [-0.05, 0) is 66.8 Å². The van der Waals surface area contributed by atoms with Crippen molar-refractivity contribution < 1.29 is 15.0 Å². The first-order chi connectivity index (χ1) is 12.7. The number of pyridine rings is 1. The standard InChI is InChI=1S/C21H24N2O3/c24-13-17-6-3-16-12-22-10-9-20(16)23(17)21(26)11-19(14-1-2-14)15-4-7-18(25)8-5-15/h4-5,7-10,12,14,17,19,24-25H,1-3,6,11,13H2. The number of aliphatic hydroxyl groups excluding tert-OH is 1. The molecule has 1 aromatic heterocycles. The number of fused-ring (bicyclic) bond motifs is 1. The molecular formula is C21H24N2O3. The summed E-state index contributed by atoms with van der Waals surface area (Å²) in [6.07, 6.45) is 7.83. The van der Waals surface area contributed by atoms with Gasteiger partial charge >= 0.3 is 0 Å². The lowest BCUT2D eigenvalue weighted by atomic mass is 9.89. The van der Waals surface area contributed by atoms with Crippen LogP contribution in [0, 0.1) is 5.92 Å². The molecule has 5 heteroatoms. The first-order valence-electron chi connectivity index (χ1n) is 9.32. The molecule has 2 heterocycles. The van der Waals surface area contributed by atoms with Crippen LogP contribution in [0.3, 0.4) is 0 Å². The number of aromatic hydroxyl groups is 1. The Labute approximate surface area is 153 Å². The van der Waals surface area contributed by atoms with Crippen LogP contribution < -0.4 is 4.90 Å². The molecule has 136 valence electrons. The van der Waals surface area contributed by atoms with Crippen molar-refractivity contribution in [3.8, 4) is 5.75 Å². The molecule has 5 nitrogen and oxygen atoms in total. The minimum atomic E-state index is -0.169. The van der Waals surface area contributed by atoms with E-state index < -0.39 is 0 Å². The number of phenols is 1. The zero-order valence-electron chi connectivity index (χ0n) is 14.7. The van der Waals surface area contributed by atoms with E-state index in [2.05, 4.69) is 4.98 Å². The third kappa shape index (κ3) is 3.31. The number of benzene rings is 1. The topological polar surface area (TPSA) is 73.7 Å². The van der Waals surface area contributed by atoms with E-state index in [0.717, 1.165) is 42.5 Å². The molecule has 2 aromatic rings. The number of rotatable bonds is 5. The van der Waals surface area contributed by atoms with Crippen molar-refractivity contribution in [2.75, 3.05) is 11.5 Å². The second kappa shape index (κ2) is 7.08. The molecule has 2 aliphatic rings. The molecule has 0 spiro atoms. The van der Waals surface area contributed by atoms with Crippen LogP contribution in [0.2, 0.25) is 0 Å². The van der Waals surface area contributed by atoms with Crippen molar-refractivity contribution >= 4 is 11.6 Å². The Morgan fingerprint density at radius 1 is 1.19 bits per heavy atom. The number of hydrogen-bond donors (Lipinski definition) is 2. The van der Waals surface area contributed by atoms with Gasteiger partial charge in [-0.25, -0.2) is 0 Å². The molecular weight excluding hydrogens is 328 g/mol. The summed E-state index contributed by atoms with van der Waals surface area (Å²) >= 11 is 0. The lowest BCUT2D eigenvalue weighted by molar-refractivity contribution is -0.120. The maximum absolute atomic E-state index is 13.3. The number of amides is 1. The van der Waals surface area contributed by atoms with Crippen LogP contribution in [-0.2, 0) is 11.2 Å². The van der Waals surface area contributed by atoms with Crippen LogP contribution in [0.1, 0.15) is 42.7 Å². The summed E-state index contributed by atoms with van der Waals surface area (Å²) in [5.41, 5.74) is 3.06. The summed E-state index contributed by atoms with van der Waals surface area (Å²) in [4.78, 5) is 19.2. The van der Waals surface area contributed by atoms with Gasteiger partial charge in [0.25, 0.3) is 0 Å². The summed E-state index contributed by atoms with van der Waals surface area (Å²) in [7, 11) is 0. The predicted molar refractivity (Wildman–Crippen MR) is 99.1 cm³/mol. The quantitative estimate of drug-likeness (QED) is 0.867. The molecule has 1 aliphatic carbocycles. The van der Waals surface area contributed by atoms with Crippen molar-refractivity contribution in [1.29, 1.82) is 0 Å². The molecule has 1 amide bonds. The molecule has 0 saturated heterocycles. The smallest absolute Gasteiger partial charge is 0.227 e. The minimum absolute atomic E-state index is 0.0270. The second-order valence-electron chi connectivity index (χ2n) is 7.38. The summed E-state index contributed by atoms with van der Waals surface area (Å²) < 4.78 is 0. The molecule has 1 fully saturated rings. The molecule has 4 rings (SSSR count). The number of carbonyl (C=O) groups is 1. The number of phenolic OH excluding ortho intramolecular Hbond substituents is 1. The van der Waals surface area contributed by atoms with Gasteiger partial charge in [0.1, 0.15) is 5.75 Å². The summed E-state index contributed by atoms with van der Waals surface area (Å²) in [5.74, 6) is 0.987. The first-order valence-corrected chi connectivity index (χ1v) is 9.32. The molecule has 26 heavy (non-hydrogen) atoms. The zero-order chi connectivity index (χ0) is 18.1. The van der Waals surface area contributed by atoms with E-state index in [1.165, 1.54) is 0 Å². The number of aryl methyl sites for hydroxylation is 1. The van der Waals surface area contributed by atoms with Gasteiger partial charge in [0, 0.05) is 18.8 Å². The highest BCUT2D eigenvalue weighted by Crippen LogP contribution is 2.45.